The normalized spacial score (nSPS) is 16.5. The molecular weight excluding hydrogens is 360 g/mol. The second-order valence-electron chi connectivity index (χ2n) is 5.24. The van der Waals surface area contributed by atoms with Crippen LogP contribution in [0.3, 0.4) is 0 Å². The molecule has 3 rings (SSSR count). The largest absolute Gasteiger partial charge is 0.366 e. The highest BCUT2D eigenvalue weighted by atomic mass is 35.5. The molecule has 2 aromatic rings. The highest BCUT2D eigenvalue weighted by Gasteiger charge is 2.33. The first kappa shape index (κ1) is 17.0. The average molecular weight is 375 g/mol. The zero-order valence-corrected chi connectivity index (χ0v) is 15.3. The van der Waals surface area contributed by atoms with E-state index in [0.29, 0.717) is 20.9 Å². The number of carbonyl (C=O) groups excluding carboxylic acids is 1. The number of hydrogen-bond acceptors (Lipinski definition) is 4. The van der Waals surface area contributed by atoms with E-state index < -0.39 is 0 Å². The number of nitrogens with one attached hydrogen (secondary N) is 1. The molecule has 0 aromatic heterocycles. The first-order valence-electron chi connectivity index (χ1n) is 7.36. The third-order valence-electron chi connectivity index (χ3n) is 3.70. The van der Waals surface area contributed by atoms with E-state index >= 15 is 0 Å². The quantitative estimate of drug-likeness (QED) is 0.602. The van der Waals surface area contributed by atoms with E-state index in [1.165, 1.54) is 11.8 Å². The molecule has 0 radical (unpaired) electrons. The smallest absolute Gasteiger partial charge is 0.267 e. The van der Waals surface area contributed by atoms with Crippen LogP contribution in [0.5, 0.6) is 0 Å². The Morgan fingerprint density at radius 3 is 2.54 bits per heavy atom. The molecule has 1 aliphatic rings. The van der Waals surface area contributed by atoms with Crippen LogP contribution in [0.15, 0.2) is 59.5 Å². The Balaban J connectivity index is 1.78. The molecule has 3 nitrogen and oxygen atoms in total. The van der Waals surface area contributed by atoms with Crippen LogP contribution in [0.25, 0.3) is 5.57 Å². The minimum atomic E-state index is -0.0779. The van der Waals surface area contributed by atoms with Crippen molar-refractivity contribution in [2.75, 3.05) is 12.0 Å². The van der Waals surface area contributed by atoms with Crippen molar-refractivity contribution >= 4 is 57.1 Å². The average Bonchev–Trinajstić information content (AvgIpc) is 2.89. The fraction of sp³-hybridized carbons (Fsp3) is 0.111. The number of benzene rings is 2. The molecule has 24 heavy (non-hydrogen) atoms. The lowest BCUT2D eigenvalue weighted by atomic mass is 10.1. The predicted molar refractivity (Wildman–Crippen MR) is 106 cm³/mol. The second kappa shape index (κ2) is 7.38. The number of halogens is 1. The van der Waals surface area contributed by atoms with Gasteiger partial charge in [0.25, 0.3) is 5.91 Å². The minimum Gasteiger partial charge on any atom is -0.366 e. The molecule has 0 saturated carbocycles. The van der Waals surface area contributed by atoms with Crippen LogP contribution in [-0.4, -0.2) is 21.8 Å². The number of anilines is 1. The molecule has 0 spiro atoms. The van der Waals surface area contributed by atoms with Gasteiger partial charge < -0.3 is 5.32 Å². The van der Waals surface area contributed by atoms with E-state index in [-0.39, 0.29) is 5.91 Å². The number of allylic oxidation sites excluding steroid dienone is 1. The van der Waals surface area contributed by atoms with Gasteiger partial charge in [0, 0.05) is 0 Å². The van der Waals surface area contributed by atoms with Crippen LogP contribution < -0.4 is 5.32 Å². The zero-order chi connectivity index (χ0) is 17.1. The van der Waals surface area contributed by atoms with Crippen LogP contribution in [0.1, 0.15) is 12.5 Å². The van der Waals surface area contributed by atoms with Crippen LogP contribution in [0, 0.1) is 0 Å². The van der Waals surface area contributed by atoms with Crippen molar-refractivity contribution in [1.29, 1.82) is 0 Å². The van der Waals surface area contributed by atoms with Crippen LogP contribution >= 0.6 is 35.6 Å². The fourth-order valence-electron chi connectivity index (χ4n) is 2.35. The Morgan fingerprint density at radius 2 is 1.83 bits per heavy atom. The molecule has 0 atom stereocenters. The topological polar surface area (TPSA) is 32.3 Å². The number of amides is 1. The van der Waals surface area contributed by atoms with E-state index in [2.05, 4.69) is 5.32 Å². The highest BCUT2D eigenvalue weighted by molar-refractivity contribution is 8.26. The maximum atomic E-state index is 12.7. The van der Waals surface area contributed by atoms with Crippen LogP contribution in [0.2, 0.25) is 5.02 Å². The minimum absolute atomic E-state index is 0.0779. The van der Waals surface area contributed by atoms with Gasteiger partial charge in [0.15, 0.2) is 0 Å². The third kappa shape index (κ3) is 3.48. The standard InChI is InChI=1S/C18H15ClN2OS2/c1-12(13-7-3-2-4-8-13)16-17(22)21(18(23)24-16)11-20-15-10-6-5-9-14(15)19/h2-10,20H,11H2,1H3. The van der Waals surface area contributed by atoms with Crippen molar-refractivity contribution in [1.82, 2.24) is 4.90 Å². The number of thiocarbonyl (C=S) groups is 1. The molecule has 1 amide bonds. The summed E-state index contributed by atoms with van der Waals surface area (Å²) in [5.41, 5.74) is 2.74. The lowest BCUT2D eigenvalue weighted by Crippen LogP contribution is -2.33. The third-order valence-corrected chi connectivity index (χ3v) is 5.58. The first-order chi connectivity index (χ1) is 11.6. The van der Waals surface area contributed by atoms with Crippen molar-refractivity contribution in [3.8, 4) is 0 Å². The summed E-state index contributed by atoms with van der Waals surface area (Å²) in [6.45, 7) is 2.24. The number of thioether (sulfide) groups is 1. The SMILES string of the molecule is CC(=C1SC(=S)N(CNc2ccccc2Cl)C1=O)c1ccccc1. The molecule has 0 unspecified atom stereocenters. The van der Waals surface area contributed by atoms with Gasteiger partial charge in [0.05, 0.1) is 22.3 Å². The first-order valence-corrected chi connectivity index (χ1v) is 8.96. The number of nitrogens with zero attached hydrogens (tertiary/aromatic N) is 1. The van der Waals surface area contributed by atoms with E-state index in [9.17, 15) is 4.79 Å². The van der Waals surface area contributed by atoms with Crippen molar-refractivity contribution < 1.29 is 4.79 Å². The van der Waals surface area contributed by atoms with Gasteiger partial charge in [-0.2, -0.15) is 0 Å². The lowest BCUT2D eigenvalue weighted by molar-refractivity contribution is -0.121. The summed E-state index contributed by atoms with van der Waals surface area (Å²) < 4.78 is 0.546. The fourth-order valence-corrected chi connectivity index (χ4v) is 3.85. The molecule has 1 heterocycles. The van der Waals surface area contributed by atoms with Gasteiger partial charge in [-0.3, -0.25) is 9.69 Å². The van der Waals surface area contributed by atoms with E-state index in [0.717, 1.165) is 16.8 Å². The number of rotatable bonds is 4. The van der Waals surface area contributed by atoms with Crippen molar-refractivity contribution in [3.63, 3.8) is 0 Å². The van der Waals surface area contributed by atoms with Crippen molar-refractivity contribution in [2.24, 2.45) is 0 Å². The summed E-state index contributed by atoms with van der Waals surface area (Å²) in [5.74, 6) is -0.0779. The van der Waals surface area contributed by atoms with Gasteiger partial charge in [-0.1, -0.05) is 78.0 Å². The second-order valence-corrected chi connectivity index (χ2v) is 7.29. The van der Waals surface area contributed by atoms with Gasteiger partial charge in [-0.05, 0) is 30.2 Å². The Morgan fingerprint density at radius 1 is 1.17 bits per heavy atom. The van der Waals surface area contributed by atoms with Crippen molar-refractivity contribution in [2.45, 2.75) is 6.92 Å². The Kier molecular flexibility index (Phi) is 5.23. The molecule has 1 fully saturated rings. The zero-order valence-electron chi connectivity index (χ0n) is 13.0. The van der Waals surface area contributed by atoms with E-state index in [1.807, 2.05) is 55.5 Å². The summed E-state index contributed by atoms with van der Waals surface area (Å²) in [7, 11) is 0. The van der Waals surface area contributed by atoms with Gasteiger partial charge in [-0.15, -0.1) is 0 Å². The lowest BCUT2D eigenvalue weighted by Gasteiger charge is -2.17. The summed E-state index contributed by atoms with van der Waals surface area (Å²) >= 11 is 12.8. The number of carbonyl (C=O) groups is 1. The van der Waals surface area contributed by atoms with Crippen LogP contribution in [-0.2, 0) is 4.79 Å². The maximum Gasteiger partial charge on any atom is 0.267 e. The Hall–Kier alpha value is -1.82. The van der Waals surface area contributed by atoms with Gasteiger partial charge in [-0.25, -0.2) is 0 Å². The van der Waals surface area contributed by atoms with Gasteiger partial charge in [0.1, 0.15) is 4.32 Å². The van der Waals surface area contributed by atoms with E-state index in [4.69, 9.17) is 23.8 Å². The Bertz CT molecular complexity index is 821. The molecule has 1 saturated heterocycles. The summed E-state index contributed by atoms with van der Waals surface area (Å²) in [4.78, 5) is 15.0. The monoisotopic (exact) mass is 374 g/mol. The highest BCUT2D eigenvalue weighted by Crippen LogP contribution is 2.36. The summed E-state index contributed by atoms with van der Waals surface area (Å²) in [6.07, 6.45) is 0. The molecule has 1 N–H and O–H groups in total. The summed E-state index contributed by atoms with van der Waals surface area (Å²) in [5, 5.41) is 3.77. The maximum absolute atomic E-state index is 12.7. The molecule has 2 aromatic carbocycles. The molecule has 6 heteroatoms. The van der Waals surface area contributed by atoms with Crippen LogP contribution in [0.4, 0.5) is 5.69 Å². The predicted octanol–water partition coefficient (Wildman–Crippen LogP) is 5.00. The van der Waals surface area contributed by atoms with E-state index in [1.54, 1.807) is 11.0 Å². The van der Waals surface area contributed by atoms with Gasteiger partial charge >= 0.3 is 0 Å². The summed E-state index contributed by atoms with van der Waals surface area (Å²) in [6, 6.07) is 17.3. The molecule has 122 valence electrons. The van der Waals surface area contributed by atoms with Gasteiger partial charge in [0.2, 0.25) is 0 Å². The number of hydrogen-bond donors (Lipinski definition) is 1. The molecule has 0 aliphatic carbocycles. The van der Waals surface area contributed by atoms with Crippen molar-refractivity contribution in [3.05, 3.63) is 70.1 Å². The number of para-hydroxylation sites is 1. The molecule has 1 aliphatic heterocycles. The molecule has 0 bridgehead atoms. The molecular formula is C18H15ClN2OS2. The Labute approximate surface area is 155 Å².